The second kappa shape index (κ2) is 4.16. The largest absolute Gasteiger partial charge is 0.466 e. The van der Waals surface area contributed by atoms with Gasteiger partial charge in [0.1, 0.15) is 0 Å². The predicted octanol–water partition coefficient (Wildman–Crippen LogP) is 1.91. The summed E-state index contributed by atoms with van der Waals surface area (Å²) in [4.78, 5) is 10.4. The summed E-state index contributed by atoms with van der Waals surface area (Å²) in [5.41, 5.74) is 0. The summed E-state index contributed by atoms with van der Waals surface area (Å²) in [5.74, 6) is 0.392. The summed E-state index contributed by atoms with van der Waals surface area (Å²) in [6.07, 6.45) is 7.70. The fraction of sp³-hybridized carbons (Fsp3) is 0.667. The topological polar surface area (TPSA) is 26.3 Å². The molecule has 0 aromatic heterocycles. The Morgan fingerprint density at radius 1 is 1.64 bits per heavy atom. The van der Waals surface area contributed by atoms with Crippen LogP contribution in [0.2, 0.25) is 0 Å². The van der Waals surface area contributed by atoms with E-state index in [1.807, 2.05) is 0 Å². The van der Waals surface area contributed by atoms with Gasteiger partial charge in [0.15, 0.2) is 0 Å². The second-order valence-electron chi connectivity index (χ2n) is 2.95. The number of rotatable bonds is 2. The first-order valence-corrected chi connectivity index (χ1v) is 4.07. The highest BCUT2D eigenvalue weighted by atomic mass is 16.5. The number of carbonyl (C=O) groups excluding carboxylic acids is 1. The molecule has 1 unspecified atom stereocenters. The Bertz CT molecular complexity index is 161. The highest BCUT2D eigenvalue weighted by Gasteiger charge is 2.10. The Hall–Kier alpha value is -0.790. The molecule has 0 spiro atoms. The van der Waals surface area contributed by atoms with Gasteiger partial charge in [-0.25, -0.2) is 0 Å². The molecule has 0 aromatic rings. The minimum atomic E-state index is -0.167. The van der Waals surface area contributed by atoms with Crippen molar-refractivity contribution in [3.8, 4) is 0 Å². The van der Waals surface area contributed by atoms with Crippen molar-refractivity contribution in [3.05, 3.63) is 12.2 Å². The van der Waals surface area contributed by atoms with Crippen molar-refractivity contribution in [2.45, 2.75) is 26.2 Å². The van der Waals surface area contributed by atoms with Gasteiger partial charge in [0.05, 0.1) is 6.61 Å². The number of ether oxygens (including phenoxy) is 1. The lowest BCUT2D eigenvalue weighted by Crippen LogP contribution is -2.13. The van der Waals surface area contributed by atoms with E-state index in [1.165, 1.54) is 6.92 Å². The summed E-state index contributed by atoms with van der Waals surface area (Å²) >= 11 is 0. The zero-order valence-electron chi connectivity index (χ0n) is 6.88. The van der Waals surface area contributed by atoms with Crippen LogP contribution in [0.15, 0.2) is 12.2 Å². The normalized spacial score (nSPS) is 23.2. The van der Waals surface area contributed by atoms with E-state index in [9.17, 15) is 4.79 Å². The predicted molar refractivity (Wildman–Crippen MR) is 43.1 cm³/mol. The van der Waals surface area contributed by atoms with E-state index in [4.69, 9.17) is 4.74 Å². The van der Waals surface area contributed by atoms with Gasteiger partial charge in [-0.2, -0.15) is 0 Å². The van der Waals surface area contributed by atoms with Gasteiger partial charge in [0.25, 0.3) is 0 Å². The van der Waals surface area contributed by atoms with Gasteiger partial charge in [-0.3, -0.25) is 4.79 Å². The lowest BCUT2D eigenvalue weighted by atomic mass is 9.95. The van der Waals surface area contributed by atoms with Crippen molar-refractivity contribution in [1.82, 2.24) is 0 Å². The molecule has 1 rings (SSSR count). The molecule has 62 valence electrons. The van der Waals surface area contributed by atoms with Crippen molar-refractivity contribution < 1.29 is 9.53 Å². The molecule has 0 heterocycles. The van der Waals surface area contributed by atoms with Gasteiger partial charge in [0, 0.05) is 6.92 Å². The van der Waals surface area contributed by atoms with Crippen molar-refractivity contribution in [2.75, 3.05) is 6.61 Å². The molecule has 0 aliphatic heterocycles. The van der Waals surface area contributed by atoms with Crippen LogP contribution in [0.1, 0.15) is 26.2 Å². The van der Waals surface area contributed by atoms with E-state index >= 15 is 0 Å². The van der Waals surface area contributed by atoms with Crippen molar-refractivity contribution in [3.63, 3.8) is 0 Å². The van der Waals surface area contributed by atoms with Crippen LogP contribution in [0.5, 0.6) is 0 Å². The number of esters is 1. The monoisotopic (exact) mass is 154 g/mol. The summed E-state index contributed by atoms with van der Waals surface area (Å²) < 4.78 is 4.91. The average Bonchev–Trinajstić information content (AvgIpc) is 2.03. The number of hydrogen-bond acceptors (Lipinski definition) is 2. The molecule has 0 amide bonds. The number of carbonyl (C=O) groups is 1. The first kappa shape index (κ1) is 8.31. The summed E-state index contributed by atoms with van der Waals surface area (Å²) in [6, 6.07) is 0. The van der Waals surface area contributed by atoms with E-state index in [0.717, 1.165) is 19.3 Å². The standard InChI is InChI=1S/C9H14O2/c1-8(10)11-7-9-5-3-2-4-6-9/h2-3,9H,4-7H2,1H3. The third-order valence-electron chi connectivity index (χ3n) is 1.90. The minimum absolute atomic E-state index is 0.167. The van der Waals surface area contributed by atoms with Crippen LogP contribution >= 0.6 is 0 Å². The molecule has 2 heteroatoms. The number of allylic oxidation sites excluding steroid dienone is 2. The maximum atomic E-state index is 10.4. The summed E-state index contributed by atoms with van der Waals surface area (Å²) in [6.45, 7) is 2.05. The van der Waals surface area contributed by atoms with Gasteiger partial charge in [-0.05, 0) is 25.2 Å². The molecule has 1 aliphatic carbocycles. The Morgan fingerprint density at radius 2 is 2.45 bits per heavy atom. The molecule has 0 saturated carbocycles. The fourth-order valence-corrected chi connectivity index (χ4v) is 1.24. The molecule has 11 heavy (non-hydrogen) atoms. The van der Waals surface area contributed by atoms with Crippen LogP contribution in [0, 0.1) is 5.92 Å². The molecule has 0 N–H and O–H groups in total. The molecule has 0 radical (unpaired) electrons. The van der Waals surface area contributed by atoms with Crippen LogP contribution in [0.3, 0.4) is 0 Å². The first-order chi connectivity index (χ1) is 5.29. The van der Waals surface area contributed by atoms with Crippen LogP contribution in [-0.4, -0.2) is 12.6 Å². The maximum Gasteiger partial charge on any atom is 0.302 e. The van der Waals surface area contributed by atoms with Crippen LogP contribution in [0.25, 0.3) is 0 Å². The Labute approximate surface area is 67.2 Å². The highest BCUT2D eigenvalue weighted by Crippen LogP contribution is 2.17. The van der Waals surface area contributed by atoms with Gasteiger partial charge in [-0.15, -0.1) is 0 Å². The van der Waals surface area contributed by atoms with E-state index in [2.05, 4.69) is 12.2 Å². The zero-order valence-corrected chi connectivity index (χ0v) is 6.88. The molecule has 0 aromatic carbocycles. The van der Waals surface area contributed by atoms with Crippen molar-refractivity contribution in [2.24, 2.45) is 5.92 Å². The van der Waals surface area contributed by atoms with Gasteiger partial charge >= 0.3 is 5.97 Å². The molecule has 1 aliphatic rings. The van der Waals surface area contributed by atoms with E-state index in [-0.39, 0.29) is 5.97 Å². The molecule has 0 bridgehead atoms. The SMILES string of the molecule is CC(=O)OCC1CC=CCC1. The fourth-order valence-electron chi connectivity index (χ4n) is 1.24. The first-order valence-electron chi connectivity index (χ1n) is 4.07. The average molecular weight is 154 g/mol. The highest BCUT2D eigenvalue weighted by molar-refractivity contribution is 5.65. The van der Waals surface area contributed by atoms with Gasteiger partial charge in [0.2, 0.25) is 0 Å². The Morgan fingerprint density at radius 3 is 3.00 bits per heavy atom. The van der Waals surface area contributed by atoms with E-state index < -0.39 is 0 Å². The van der Waals surface area contributed by atoms with Gasteiger partial charge < -0.3 is 4.74 Å². The zero-order chi connectivity index (χ0) is 8.10. The lowest BCUT2D eigenvalue weighted by molar-refractivity contribution is -0.142. The number of hydrogen-bond donors (Lipinski definition) is 0. The third-order valence-corrected chi connectivity index (χ3v) is 1.90. The molecule has 0 fully saturated rings. The van der Waals surface area contributed by atoms with Crippen molar-refractivity contribution in [1.29, 1.82) is 0 Å². The maximum absolute atomic E-state index is 10.4. The molecule has 1 atom stereocenters. The minimum Gasteiger partial charge on any atom is -0.466 e. The molecular weight excluding hydrogens is 140 g/mol. The van der Waals surface area contributed by atoms with Crippen LogP contribution < -0.4 is 0 Å². The Kier molecular flexibility index (Phi) is 3.14. The van der Waals surface area contributed by atoms with E-state index in [1.54, 1.807) is 0 Å². The van der Waals surface area contributed by atoms with Crippen molar-refractivity contribution >= 4 is 5.97 Å². The van der Waals surface area contributed by atoms with Crippen LogP contribution in [0.4, 0.5) is 0 Å². The third kappa shape index (κ3) is 3.21. The molecular formula is C9H14O2. The van der Waals surface area contributed by atoms with Gasteiger partial charge in [-0.1, -0.05) is 12.2 Å². The van der Waals surface area contributed by atoms with Crippen LogP contribution in [-0.2, 0) is 9.53 Å². The van der Waals surface area contributed by atoms with E-state index in [0.29, 0.717) is 12.5 Å². The summed E-state index contributed by atoms with van der Waals surface area (Å²) in [7, 11) is 0. The lowest BCUT2D eigenvalue weighted by Gasteiger charge is -2.16. The smallest absolute Gasteiger partial charge is 0.302 e. The Balaban J connectivity index is 2.16. The molecule has 2 nitrogen and oxygen atoms in total. The summed E-state index contributed by atoms with van der Waals surface area (Å²) in [5, 5.41) is 0. The quantitative estimate of drug-likeness (QED) is 0.448. The molecule has 0 saturated heterocycles. The second-order valence-corrected chi connectivity index (χ2v) is 2.95.